The summed E-state index contributed by atoms with van der Waals surface area (Å²) in [6.45, 7) is 3.57. The topological polar surface area (TPSA) is 61.2 Å². The molecule has 1 aliphatic rings. The summed E-state index contributed by atoms with van der Waals surface area (Å²) in [6.07, 6.45) is 0. The zero-order valence-electron chi connectivity index (χ0n) is 10.0. The molecule has 0 atom stereocenters. The van der Waals surface area contributed by atoms with Crippen LogP contribution in [-0.4, -0.2) is 32.8 Å². The number of nitrogens with zero attached hydrogens (tertiary/aromatic N) is 4. The molecule has 0 amide bonds. The van der Waals surface area contributed by atoms with Gasteiger partial charge in [0, 0.05) is 29.3 Å². The van der Waals surface area contributed by atoms with Crippen LogP contribution in [-0.2, 0) is 4.74 Å². The first-order valence-electron chi connectivity index (χ1n) is 5.82. The summed E-state index contributed by atoms with van der Waals surface area (Å²) < 4.78 is 5.33. The second-order valence-electron chi connectivity index (χ2n) is 3.84. The molecule has 1 fully saturated rings. The molecule has 1 aromatic rings. The van der Waals surface area contributed by atoms with E-state index in [2.05, 4.69) is 38.9 Å². The average molecular weight is 242 g/mol. The van der Waals surface area contributed by atoms with E-state index in [-0.39, 0.29) is 6.54 Å². The van der Waals surface area contributed by atoms with Crippen LogP contribution in [0.15, 0.2) is 29.4 Å². The number of morpholine rings is 1. The van der Waals surface area contributed by atoms with Crippen LogP contribution in [0.2, 0.25) is 0 Å². The smallest absolute Gasteiger partial charge is 0.0880 e. The highest BCUT2D eigenvalue weighted by molar-refractivity contribution is 5.52. The second-order valence-corrected chi connectivity index (χ2v) is 3.84. The molecule has 0 unspecified atom stereocenters. The van der Waals surface area contributed by atoms with E-state index in [9.17, 15) is 0 Å². The molecule has 2 rings (SSSR count). The molecular weight excluding hydrogens is 228 g/mol. The molecule has 0 aliphatic carbocycles. The Kier molecular flexibility index (Phi) is 4.48. The zero-order chi connectivity index (χ0) is 12.6. The predicted molar refractivity (Wildman–Crippen MR) is 70.4 cm³/mol. The van der Waals surface area contributed by atoms with Crippen molar-refractivity contribution in [2.24, 2.45) is 5.11 Å². The van der Waals surface area contributed by atoms with Crippen LogP contribution in [0.5, 0.6) is 0 Å². The molecule has 18 heavy (non-hydrogen) atoms. The summed E-state index contributed by atoms with van der Waals surface area (Å²) in [7, 11) is 0. The van der Waals surface area contributed by atoms with Gasteiger partial charge in [0.05, 0.1) is 19.8 Å². The van der Waals surface area contributed by atoms with E-state index in [4.69, 9.17) is 10.3 Å². The number of rotatable bonds is 2. The molecule has 0 saturated carbocycles. The van der Waals surface area contributed by atoms with Gasteiger partial charge in [-0.15, -0.1) is 0 Å². The molecule has 1 saturated heterocycles. The Morgan fingerprint density at radius 3 is 3.00 bits per heavy atom. The highest BCUT2D eigenvalue weighted by Gasteiger charge is 2.10. The van der Waals surface area contributed by atoms with Crippen molar-refractivity contribution in [1.82, 2.24) is 0 Å². The van der Waals surface area contributed by atoms with Gasteiger partial charge in [-0.1, -0.05) is 23.0 Å². The minimum Gasteiger partial charge on any atom is -0.378 e. The van der Waals surface area contributed by atoms with Gasteiger partial charge in [-0.3, -0.25) is 0 Å². The third-order valence-corrected chi connectivity index (χ3v) is 2.67. The molecule has 1 aromatic carbocycles. The molecule has 0 radical (unpaired) electrons. The quantitative estimate of drug-likeness (QED) is 0.345. The molecule has 1 aliphatic heterocycles. The maximum atomic E-state index is 8.15. The lowest BCUT2D eigenvalue weighted by Crippen LogP contribution is -2.36. The van der Waals surface area contributed by atoms with Gasteiger partial charge in [0.1, 0.15) is 0 Å². The minimum absolute atomic E-state index is 0.207. The van der Waals surface area contributed by atoms with E-state index in [1.165, 1.54) is 0 Å². The van der Waals surface area contributed by atoms with E-state index in [0.29, 0.717) is 0 Å². The Morgan fingerprint density at radius 2 is 2.22 bits per heavy atom. The van der Waals surface area contributed by atoms with Crippen molar-refractivity contribution in [3.05, 3.63) is 40.3 Å². The summed E-state index contributed by atoms with van der Waals surface area (Å²) in [5.41, 5.74) is 10.2. The second kappa shape index (κ2) is 6.55. The van der Waals surface area contributed by atoms with Gasteiger partial charge in [0.15, 0.2) is 0 Å². The Balaban J connectivity index is 2.08. The third-order valence-electron chi connectivity index (χ3n) is 2.67. The summed E-state index contributed by atoms with van der Waals surface area (Å²) >= 11 is 0. The lowest BCUT2D eigenvalue weighted by Gasteiger charge is -2.28. The molecular formula is C13H14N4O. The van der Waals surface area contributed by atoms with Crippen molar-refractivity contribution in [3.8, 4) is 11.8 Å². The van der Waals surface area contributed by atoms with Crippen LogP contribution in [0.3, 0.4) is 0 Å². The first-order valence-corrected chi connectivity index (χ1v) is 5.82. The van der Waals surface area contributed by atoms with E-state index in [1.807, 2.05) is 12.1 Å². The van der Waals surface area contributed by atoms with E-state index in [1.54, 1.807) is 0 Å². The fraction of sp³-hybridized carbons (Fsp3) is 0.385. The van der Waals surface area contributed by atoms with Crippen molar-refractivity contribution < 1.29 is 4.74 Å². The summed E-state index contributed by atoms with van der Waals surface area (Å²) in [5, 5.41) is 3.38. The zero-order valence-corrected chi connectivity index (χ0v) is 10.0. The first kappa shape index (κ1) is 12.3. The first-order chi connectivity index (χ1) is 8.90. The summed E-state index contributed by atoms with van der Waals surface area (Å²) in [5.74, 6) is 5.81. The maximum Gasteiger partial charge on any atom is 0.0880 e. The molecule has 0 N–H and O–H groups in total. The largest absolute Gasteiger partial charge is 0.378 e. The number of hydrogen-bond donors (Lipinski definition) is 0. The minimum atomic E-state index is 0.207. The molecule has 5 heteroatoms. The lowest BCUT2D eigenvalue weighted by atomic mass is 10.2. The van der Waals surface area contributed by atoms with Crippen molar-refractivity contribution >= 4 is 5.69 Å². The van der Waals surface area contributed by atoms with Crippen LogP contribution in [0.1, 0.15) is 5.56 Å². The highest BCUT2D eigenvalue weighted by Crippen LogP contribution is 2.16. The molecule has 1 heterocycles. The SMILES string of the molecule is [N-]=[N+]=NCC#Cc1cccc(N2CCOCC2)c1. The molecule has 0 bridgehead atoms. The standard InChI is InChI=1S/C13H14N4O/c14-16-15-6-2-4-12-3-1-5-13(11-12)17-7-9-18-10-8-17/h1,3,5,11H,6-10H2. The fourth-order valence-electron chi connectivity index (χ4n) is 1.81. The Bertz CT molecular complexity index is 505. The third kappa shape index (κ3) is 3.42. The van der Waals surface area contributed by atoms with Crippen molar-refractivity contribution in [2.75, 3.05) is 37.7 Å². The summed E-state index contributed by atoms with van der Waals surface area (Å²) in [6, 6.07) is 8.06. The van der Waals surface area contributed by atoms with Crippen molar-refractivity contribution in [2.45, 2.75) is 0 Å². The van der Waals surface area contributed by atoms with Crippen LogP contribution in [0.4, 0.5) is 5.69 Å². The van der Waals surface area contributed by atoms with Crippen molar-refractivity contribution in [1.29, 1.82) is 0 Å². The monoisotopic (exact) mass is 242 g/mol. The van der Waals surface area contributed by atoms with Crippen LogP contribution in [0.25, 0.3) is 10.4 Å². The van der Waals surface area contributed by atoms with Crippen molar-refractivity contribution in [3.63, 3.8) is 0 Å². The van der Waals surface area contributed by atoms with Gasteiger partial charge in [-0.2, -0.15) is 0 Å². The van der Waals surface area contributed by atoms with Crippen LogP contribution in [0, 0.1) is 11.8 Å². The number of benzene rings is 1. The van der Waals surface area contributed by atoms with Gasteiger partial charge < -0.3 is 9.64 Å². The van der Waals surface area contributed by atoms with E-state index >= 15 is 0 Å². The molecule has 0 spiro atoms. The van der Waals surface area contributed by atoms with Gasteiger partial charge in [0.2, 0.25) is 0 Å². The highest BCUT2D eigenvalue weighted by atomic mass is 16.5. The van der Waals surface area contributed by atoms with E-state index in [0.717, 1.165) is 37.6 Å². The molecule has 92 valence electrons. The fourth-order valence-corrected chi connectivity index (χ4v) is 1.81. The predicted octanol–water partition coefficient (Wildman–Crippen LogP) is 2.18. The Hall–Kier alpha value is -2.15. The normalized spacial score (nSPS) is 14.3. The summed E-state index contributed by atoms with van der Waals surface area (Å²) in [4.78, 5) is 4.94. The van der Waals surface area contributed by atoms with Gasteiger partial charge >= 0.3 is 0 Å². The Labute approximate surface area is 106 Å². The maximum absolute atomic E-state index is 8.15. The molecule has 5 nitrogen and oxygen atoms in total. The van der Waals surface area contributed by atoms with Crippen LogP contribution >= 0.6 is 0 Å². The number of hydrogen-bond acceptors (Lipinski definition) is 3. The Morgan fingerprint density at radius 1 is 1.39 bits per heavy atom. The number of ether oxygens (including phenoxy) is 1. The van der Waals surface area contributed by atoms with Gasteiger partial charge in [-0.25, -0.2) is 0 Å². The van der Waals surface area contributed by atoms with E-state index < -0.39 is 0 Å². The number of anilines is 1. The van der Waals surface area contributed by atoms with Gasteiger partial charge in [-0.05, 0) is 23.7 Å². The number of azide groups is 1. The van der Waals surface area contributed by atoms with Crippen LogP contribution < -0.4 is 4.90 Å². The molecule has 0 aromatic heterocycles. The lowest BCUT2D eigenvalue weighted by molar-refractivity contribution is 0.122. The van der Waals surface area contributed by atoms with Gasteiger partial charge in [0.25, 0.3) is 0 Å². The average Bonchev–Trinajstić information content (AvgIpc) is 2.45.